The van der Waals surface area contributed by atoms with E-state index in [-0.39, 0.29) is 17.9 Å². The lowest BCUT2D eigenvalue weighted by Crippen LogP contribution is -2.46. The minimum Gasteiger partial charge on any atom is -0.372 e. The van der Waals surface area contributed by atoms with Gasteiger partial charge in [0.2, 0.25) is 0 Å². The molecule has 24 heavy (non-hydrogen) atoms. The second-order valence-electron chi connectivity index (χ2n) is 6.18. The molecule has 0 unspecified atom stereocenters. The molecule has 2 atom stereocenters. The molecule has 0 spiro atoms. The third kappa shape index (κ3) is 2.65. The number of benzene rings is 1. The molecule has 0 aliphatic carbocycles. The summed E-state index contributed by atoms with van der Waals surface area (Å²) < 4.78 is 7.19. The molecule has 7 heteroatoms. The zero-order chi connectivity index (χ0) is 17.4. The summed E-state index contributed by atoms with van der Waals surface area (Å²) in [5, 5.41) is 12.4. The van der Waals surface area contributed by atoms with Crippen molar-refractivity contribution in [2.24, 2.45) is 0 Å². The number of aromatic nitrogens is 1. The molecule has 0 bridgehead atoms. The SMILES string of the molecule is CCn1c(=O)c([N+](=O)[O-])c(N2C[C@@H](C)O[C@H](C)C2)c2ccccc21. The molecule has 3 rings (SSSR count). The molecule has 1 aromatic carbocycles. The van der Waals surface area contributed by atoms with Crippen LogP contribution in [0.2, 0.25) is 0 Å². The summed E-state index contributed by atoms with van der Waals surface area (Å²) in [7, 11) is 0. The summed E-state index contributed by atoms with van der Waals surface area (Å²) in [6.07, 6.45) is -0.110. The van der Waals surface area contributed by atoms with Crippen molar-refractivity contribution in [3.63, 3.8) is 0 Å². The lowest BCUT2D eigenvalue weighted by atomic mass is 10.1. The first-order valence-electron chi connectivity index (χ1n) is 8.14. The Balaban J connectivity index is 2.35. The van der Waals surface area contributed by atoms with E-state index in [1.54, 1.807) is 0 Å². The third-order valence-electron chi connectivity index (χ3n) is 4.36. The molecule has 1 aliphatic rings. The van der Waals surface area contributed by atoms with Crippen LogP contribution in [0.1, 0.15) is 20.8 Å². The number of morpholine rings is 1. The normalized spacial score (nSPS) is 21.2. The highest BCUT2D eigenvalue weighted by Gasteiger charge is 2.32. The van der Waals surface area contributed by atoms with Gasteiger partial charge in [0.15, 0.2) is 0 Å². The van der Waals surface area contributed by atoms with E-state index in [0.29, 0.717) is 25.3 Å². The number of ether oxygens (including phenoxy) is 1. The molecule has 0 saturated carbocycles. The number of rotatable bonds is 3. The molecular weight excluding hydrogens is 310 g/mol. The van der Waals surface area contributed by atoms with Crippen molar-refractivity contribution in [2.75, 3.05) is 18.0 Å². The maximum Gasteiger partial charge on any atom is 0.357 e. The van der Waals surface area contributed by atoms with E-state index < -0.39 is 10.5 Å². The largest absolute Gasteiger partial charge is 0.372 e. The number of anilines is 1. The minimum absolute atomic E-state index is 0.0549. The molecule has 128 valence electrons. The smallest absolute Gasteiger partial charge is 0.357 e. The number of nitro groups is 1. The molecule has 0 N–H and O–H groups in total. The van der Waals surface area contributed by atoms with Gasteiger partial charge in [-0.25, -0.2) is 0 Å². The summed E-state index contributed by atoms with van der Waals surface area (Å²) in [6, 6.07) is 7.36. The maximum atomic E-state index is 12.7. The number of aryl methyl sites for hydroxylation is 1. The highest BCUT2D eigenvalue weighted by atomic mass is 16.6. The van der Waals surface area contributed by atoms with Crippen LogP contribution in [0, 0.1) is 10.1 Å². The first-order valence-corrected chi connectivity index (χ1v) is 8.14. The van der Waals surface area contributed by atoms with Crippen LogP contribution in [0.3, 0.4) is 0 Å². The van der Waals surface area contributed by atoms with Gasteiger partial charge in [0.25, 0.3) is 0 Å². The first kappa shape index (κ1) is 16.4. The van der Waals surface area contributed by atoms with E-state index in [9.17, 15) is 14.9 Å². The summed E-state index contributed by atoms with van der Waals surface area (Å²) in [6.45, 7) is 7.11. The number of hydrogen-bond donors (Lipinski definition) is 0. The monoisotopic (exact) mass is 331 g/mol. The van der Waals surface area contributed by atoms with Crippen LogP contribution < -0.4 is 10.5 Å². The van der Waals surface area contributed by atoms with Crippen molar-refractivity contribution in [2.45, 2.75) is 39.5 Å². The van der Waals surface area contributed by atoms with Gasteiger partial charge >= 0.3 is 11.2 Å². The van der Waals surface area contributed by atoms with Crippen molar-refractivity contribution >= 4 is 22.3 Å². The van der Waals surface area contributed by atoms with Gasteiger partial charge in [-0.1, -0.05) is 18.2 Å². The molecule has 2 aromatic rings. The molecular formula is C17H21N3O4. The highest BCUT2D eigenvalue weighted by Crippen LogP contribution is 2.35. The second kappa shape index (κ2) is 6.24. The molecule has 0 amide bonds. The number of fused-ring (bicyclic) bond motifs is 1. The number of para-hydroxylation sites is 1. The first-order chi connectivity index (χ1) is 11.4. The van der Waals surface area contributed by atoms with E-state index in [4.69, 9.17) is 4.74 Å². The van der Waals surface area contributed by atoms with E-state index in [2.05, 4.69) is 0 Å². The summed E-state index contributed by atoms with van der Waals surface area (Å²) in [5.41, 5.74) is 0.226. The quantitative estimate of drug-likeness (QED) is 0.638. The van der Waals surface area contributed by atoms with Gasteiger partial charge in [0.1, 0.15) is 5.69 Å². The van der Waals surface area contributed by atoms with Gasteiger partial charge in [-0.2, -0.15) is 0 Å². The van der Waals surface area contributed by atoms with Crippen LogP contribution >= 0.6 is 0 Å². The zero-order valence-electron chi connectivity index (χ0n) is 14.1. The molecule has 1 saturated heterocycles. The van der Waals surface area contributed by atoms with Crippen molar-refractivity contribution in [3.05, 3.63) is 44.7 Å². The fraction of sp³-hybridized carbons (Fsp3) is 0.471. The Hall–Kier alpha value is -2.41. The fourth-order valence-corrected chi connectivity index (χ4v) is 3.53. The number of hydrogen-bond acceptors (Lipinski definition) is 5. The van der Waals surface area contributed by atoms with Crippen LogP contribution in [0.25, 0.3) is 10.9 Å². The number of pyridine rings is 1. The second-order valence-corrected chi connectivity index (χ2v) is 6.18. The number of nitrogens with zero attached hydrogens (tertiary/aromatic N) is 3. The average molecular weight is 331 g/mol. The van der Waals surface area contributed by atoms with Gasteiger partial charge in [-0.15, -0.1) is 0 Å². The average Bonchev–Trinajstić information content (AvgIpc) is 2.52. The maximum absolute atomic E-state index is 12.7. The van der Waals surface area contributed by atoms with E-state index >= 15 is 0 Å². The molecule has 1 fully saturated rings. The Bertz CT molecular complexity index is 836. The van der Waals surface area contributed by atoms with Gasteiger partial charge < -0.3 is 14.2 Å². The van der Waals surface area contributed by atoms with Gasteiger partial charge in [-0.05, 0) is 26.8 Å². The summed E-state index contributed by atoms with van der Waals surface area (Å²) in [4.78, 5) is 25.8. The minimum atomic E-state index is -0.555. The lowest BCUT2D eigenvalue weighted by Gasteiger charge is -2.37. The zero-order valence-corrected chi connectivity index (χ0v) is 14.1. The molecule has 1 aromatic heterocycles. The predicted octanol–water partition coefficient (Wildman–Crippen LogP) is 2.54. The third-order valence-corrected chi connectivity index (χ3v) is 4.36. The van der Waals surface area contributed by atoms with E-state index in [0.717, 1.165) is 10.9 Å². The van der Waals surface area contributed by atoms with Gasteiger partial charge in [0, 0.05) is 25.0 Å². The van der Waals surface area contributed by atoms with Crippen LogP contribution in [0.5, 0.6) is 0 Å². The Morgan fingerprint density at radius 3 is 2.46 bits per heavy atom. The molecule has 2 heterocycles. The van der Waals surface area contributed by atoms with Crippen LogP contribution in [-0.4, -0.2) is 34.8 Å². The van der Waals surface area contributed by atoms with Gasteiger partial charge in [-0.3, -0.25) is 14.9 Å². The topological polar surface area (TPSA) is 77.6 Å². The lowest BCUT2D eigenvalue weighted by molar-refractivity contribution is -0.385. The van der Waals surface area contributed by atoms with Crippen molar-refractivity contribution in [1.29, 1.82) is 0 Å². The standard InChI is InChI=1S/C17H21N3O4/c1-4-19-14-8-6-5-7-13(14)15(16(17(19)21)20(22)23)18-9-11(2)24-12(3)10-18/h5-8,11-12H,4,9-10H2,1-3H3/t11-,12-/m1/s1. The van der Waals surface area contributed by atoms with E-state index in [1.807, 2.05) is 49.9 Å². The Morgan fingerprint density at radius 2 is 1.88 bits per heavy atom. The Morgan fingerprint density at radius 1 is 1.25 bits per heavy atom. The van der Waals surface area contributed by atoms with Crippen molar-refractivity contribution in [1.82, 2.24) is 4.57 Å². The van der Waals surface area contributed by atoms with Gasteiger partial charge in [0.05, 0.1) is 22.6 Å². The Kier molecular flexibility index (Phi) is 4.28. The predicted molar refractivity (Wildman–Crippen MR) is 92.8 cm³/mol. The summed E-state index contributed by atoms with van der Waals surface area (Å²) >= 11 is 0. The Labute approximate surface area is 139 Å². The molecule has 1 aliphatic heterocycles. The van der Waals surface area contributed by atoms with Crippen molar-refractivity contribution < 1.29 is 9.66 Å². The van der Waals surface area contributed by atoms with Crippen molar-refractivity contribution in [3.8, 4) is 0 Å². The molecule has 0 radical (unpaired) electrons. The van der Waals surface area contributed by atoms with Crippen LogP contribution in [0.4, 0.5) is 11.4 Å². The van der Waals surface area contributed by atoms with Crippen LogP contribution in [-0.2, 0) is 11.3 Å². The highest BCUT2D eigenvalue weighted by molar-refractivity contribution is 5.96. The summed E-state index contributed by atoms with van der Waals surface area (Å²) in [5.74, 6) is 0. The fourth-order valence-electron chi connectivity index (χ4n) is 3.53. The molecule has 7 nitrogen and oxygen atoms in total. The van der Waals surface area contributed by atoms with E-state index in [1.165, 1.54) is 4.57 Å². The van der Waals surface area contributed by atoms with Crippen LogP contribution in [0.15, 0.2) is 29.1 Å².